The number of methoxy groups -OCH3 is 1. The topological polar surface area (TPSA) is 94.2 Å². The Bertz CT molecular complexity index is 1360. The van der Waals surface area contributed by atoms with Crippen molar-refractivity contribution in [1.82, 2.24) is 15.1 Å². The Morgan fingerprint density at radius 2 is 1.52 bits per heavy atom. The van der Waals surface area contributed by atoms with Gasteiger partial charge >= 0.3 is 0 Å². The van der Waals surface area contributed by atoms with E-state index in [0.717, 1.165) is 42.1 Å². The average Bonchev–Trinajstić information content (AvgIpc) is 3.31. The summed E-state index contributed by atoms with van der Waals surface area (Å²) >= 11 is 0. The van der Waals surface area contributed by atoms with Crippen LogP contribution < -0.4 is 20.3 Å². The summed E-state index contributed by atoms with van der Waals surface area (Å²) in [5.41, 5.74) is 3.88. The smallest absolute Gasteiger partial charge is 0.253 e. The van der Waals surface area contributed by atoms with Crippen LogP contribution in [0.25, 0.3) is 0 Å². The van der Waals surface area contributed by atoms with Crippen LogP contribution in [0.4, 0.5) is 11.4 Å². The van der Waals surface area contributed by atoms with Gasteiger partial charge in [0.15, 0.2) is 0 Å². The van der Waals surface area contributed by atoms with Crippen LogP contribution in [0.1, 0.15) is 27.9 Å². The Morgan fingerprint density at radius 1 is 0.786 bits per heavy atom. The van der Waals surface area contributed by atoms with Gasteiger partial charge in [-0.05, 0) is 54.4 Å². The molecule has 42 heavy (non-hydrogen) atoms. The third kappa shape index (κ3) is 7.47. The lowest BCUT2D eigenvalue weighted by Gasteiger charge is -2.37. The number of hydrogen-bond donors (Lipinski definition) is 2. The number of carbonyl (C=O) groups is 3. The molecular weight excluding hydrogens is 530 g/mol. The summed E-state index contributed by atoms with van der Waals surface area (Å²) < 4.78 is 5.23. The number of nitrogens with one attached hydrogen (secondary N) is 2. The molecule has 0 atom stereocenters. The van der Waals surface area contributed by atoms with Crippen LogP contribution in [0.15, 0.2) is 72.8 Å². The standard InChI is InChI=1S/C33H39N5O4/c1-42-28-11-8-26(9-12-28)22-31(39)35-29-24-27(33(41)38-16-5-14-34-15-17-38)10-13-30(29)36-18-20-37(21-19-36)32(40)23-25-6-3-2-4-7-25/h2-4,6-13,24,34H,5,14-23H2,1H3,(H,35,39). The first-order valence-electron chi connectivity index (χ1n) is 14.6. The largest absolute Gasteiger partial charge is 0.497 e. The Balaban J connectivity index is 1.31. The summed E-state index contributed by atoms with van der Waals surface area (Å²) in [5.74, 6) is 0.647. The summed E-state index contributed by atoms with van der Waals surface area (Å²) in [6.07, 6.45) is 1.49. The minimum absolute atomic E-state index is 0.0350. The highest BCUT2D eigenvalue weighted by Crippen LogP contribution is 2.29. The van der Waals surface area contributed by atoms with E-state index in [9.17, 15) is 14.4 Å². The molecular formula is C33H39N5O4. The van der Waals surface area contributed by atoms with E-state index in [2.05, 4.69) is 15.5 Å². The minimum Gasteiger partial charge on any atom is -0.497 e. The zero-order chi connectivity index (χ0) is 29.3. The van der Waals surface area contributed by atoms with Gasteiger partial charge in [0.25, 0.3) is 5.91 Å². The molecule has 5 rings (SSSR count). The van der Waals surface area contributed by atoms with Gasteiger partial charge in [-0.25, -0.2) is 0 Å². The van der Waals surface area contributed by atoms with Gasteiger partial charge in [0.2, 0.25) is 11.8 Å². The number of hydrogen-bond acceptors (Lipinski definition) is 6. The van der Waals surface area contributed by atoms with Gasteiger partial charge in [-0.3, -0.25) is 14.4 Å². The lowest BCUT2D eigenvalue weighted by molar-refractivity contribution is -0.130. The van der Waals surface area contributed by atoms with Crippen molar-refractivity contribution in [3.63, 3.8) is 0 Å². The highest BCUT2D eigenvalue weighted by Gasteiger charge is 2.25. The molecule has 3 amide bonds. The van der Waals surface area contributed by atoms with Crippen LogP contribution in [0, 0.1) is 0 Å². The van der Waals surface area contributed by atoms with Crippen molar-refractivity contribution in [2.45, 2.75) is 19.3 Å². The van der Waals surface area contributed by atoms with Crippen molar-refractivity contribution in [1.29, 1.82) is 0 Å². The fraction of sp³-hybridized carbons (Fsp3) is 0.364. The van der Waals surface area contributed by atoms with E-state index in [1.54, 1.807) is 13.2 Å². The molecule has 2 aliphatic heterocycles. The molecule has 2 N–H and O–H groups in total. The maximum atomic E-state index is 13.4. The van der Waals surface area contributed by atoms with E-state index in [1.165, 1.54) is 0 Å². The van der Waals surface area contributed by atoms with Crippen LogP contribution in [-0.2, 0) is 22.4 Å². The van der Waals surface area contributed by atoms with Crippen molar-refractivity contribution < 1.29 is 19.1 Å². The Hall–Kier alpha value is -4.37. The lowest BCUT2D eigenvalue weighted by atomic mass is 10.1. The SMILES string of the molecule is COc1ccc(CC(=O)Nc2cc(C(=O)N3CCCNCC3)ccc2N2CCN(C(=O)Cc3ccccc3)CC2)cc1. The molecule has 2 fully saturated rings. The molecule has 2 aliphatic rings. The zero-order valence-electron chi connectivity index (χ0n) is 24.2. The zero-order valence-corrected chi connectivity index (χ0v) is 24.2. The first-order chi connectivity index (χ1) is 20.5. The monoisotopic (exact) mass is 569 g/mol. The number of nitrogens with zero attached hydrogens (tertiary/aromatic N) is 3. The van der Waals surface area contributed by atoms with E-state index in [4.69, 9.17) is 4.74 Å². The number of anilines is 2. The van der Waals surface area contributed by atoms with Crippen LogP contribution in [0.2, 0.25) is 0 Å². The Kier molecular flexibility index (Phi) is 9.71. The normalized spacial score (nSPS) is 15.6. The highest BCUT2D eigenvalue weighted by atomic mass is 16.5. The van der Waals surface area contributed by atoms with Crippen molar-refractivity contribution in [3.05, 3.63) is 89.5 Å². The van der Waals surface area contributed by atoms with E-state index < -0.39 is 0 Å². The van der Waals surface area contributed by atoms with Crippen LogP contribution >= 0.6 is 0 Å². The number of benzene rings is 3. The molecule has 0 bridgehead atoms. The number of carbonyl (C=O) groups excluding carboxylic acids is 3. The molecule has 3 aromatic rings. The van der Waals surface area contributed by atoms with E-state index in [-0.39, 0.29) is 24.1 Å². The van der Waals surface area contributed by atoms with E-state index in [0.29, 0.717) is 56.9 Å². The number of ether oxygens (including phenoxy) is 1. The molecule has 2 heterocycles. The Morgan fingerprint density at radius 3 is 2.26 bits per heavy atom. The molecule has 220 valence electrons. The maximum absolute atomic E-state index is 13.4. The molecule has 0 spiro atoms. The minimum atomic E-state index is -0.165. The van der Waals surface area contributed by atoms with Gasteiger partial charge < -0.3 is 30.1 Å². The molecule has 0 aromatic heterocycles. The second-order valence-electron chi connectivity index (χ2n) is 10.7. The average molecular weight is 570 g/mol. The van der Waals surface area contributed by atoms with Crippen molar-refractivity contribution >= 4 is 29.1 Å². The van der Waals surface area contributed by atoms with Gasteiger partial charge in [-0.15, -0.1) is 0 Å². The third-order valence-electron chi connectivity index (χ3n) is 7.84. The molecule has 9 nitrogen and oxygen atoms in total. The fourth-order valence-electron chi connectivity index (χ4n) is 5.48. The van der Waals surface area contributed by atoms with Crippen molar-refractivity contribution in [2.24, 2.45) is 0 Å². The van der Waals surface area contributed by atoms with Crippen LogP contribution in [0.5, 0.6) is 5.75 Å². The third-order valence-corrected chi connectivity index (χ3v) is 7.84. The van der Waals surface area contributed by atoms with Gasteiger partial charge in [0.1, 0.15) is 5.75 Å². The molecule has 3 aromatic carbocycles. The molecule has 0 unspecified atom stereocenters. The highest BCUT2D eigenvalue weighted by molar-refractivity contribution is 6.00. The summed E-state index contributed by atoms with van der Waals surface area (Å²) in [6.45, 7) is 5.46. The van der Waals surface area contributed by atoms with Crippen molar-refractivity contribution in [3.8, 4) is 5.75 Å². The molecule has 0 saturated carbocycles. The predicted octanol–water partition coefficient (Wildman–Crippen LogP) is 3.20. The van der Waals surface area contributed by atoms with Crippen LogP contribution in [0.3, 0.4) is 0 Å². The lowest BCUT2D eigenvalue weighted by Crippen LogP contribution is -2.49. The number of amides is 3. The summed E-state index contributed by atoms with van der Waals surface area (Å²) in [5, 5.41) is 6.42. The van der Waals surface area contributed by atoms with Gasteiger partial charge in [0, 0.05) is 51.4 Å². The predicted molar refractivity (Wildman–Crippen MR) is 164 cm³/mol. The van der Waals surface area contributed by atoms with E-state index in [1.807, 2.05) is 76.5 Å². The second kappa shape index (κ2) is 14.0. The maximum Gasteiger partial charge on any atom is 0.253 e. The number of piperazine rings is 1. The van der Waals surface area contributed by atoms with Crippen LogP contribution in [-0.4, -0.2) is 87.0 Å². The van der Waals surface area contributed by atoms with E-state index >= 15 is 0 Å². The quantitative estimate of drug-likeness (QED) is 0.433. The second-order valence-corrected chi connectivity index (χ2v) is 10.7. The summed E-state index contributed by atoms with van der Waals surface area (Å²) in [4.78, 5) is 45.5. The first-order valence-corrected chi connectivity index (χ1v) is 14.6. The van der Waals surface area contributed by atoms with Gasteiger partial charge in [0.05, 0.1) is 31.3 Å². The fourth-order valence-corrected chi connectivity index (χ4v) is 5.48. The summed E-state index contributed by atoms with van der Waals surface area (Å²) in [6, 6.07) is 22.8. The summed E-state index contributed by atoms with van der Waals surface area (Å²) in [7, 11) is 1.61. The Labute approximate surface area is 247 Å². The molecule has 0 aliphatic carbocycles. The van der Waals surface area contributed by atoms with Crippen molar-refractivity contribution in [2.75, 3.05) is 69.7 Å². The first kappa shape index (κ1) is 29.1. The molecule has 9 heteroatoms. The van der Waals surface area contributed by atoms with Gasteiger partial charge in [-0.2, -0.15) is 0 Å². The number of rotatable bonds is 8. The van der Waals surface area contributed by atoms with Gasteiger partial charge in [-0.1, -0.05) is 42.5 Å². The molecule has 0 radical (unpaired) electrons. The molecule has 2 saturated heterocycles.